The van der Waals surface area contributed by atoms with Crippen molar-refractivity contribution in [2.24, 2.45) is 5.73 Å². The van der Waals surface area contributed by atoms with Gasteiger partial charge in [-0.05, 0) is 6.92 Å². The normalized spacial score (nSPS) is 9.92. The molecular formula is C6H14NNaO4. The Kier molecular flexibility index (Phi) is 16.2. The molecule has 0 heterocycles. The summed E-state index contributed by atoms with van der Waals surface area (Å²) in [6, 6.07) is -0.731. The van der Waals surface area contributed by atoms with Crippen LogP contribution in [0.1, 0.15) is 20.3 Å². The fourth-order valence-corrected chi connectivity index (χ4v) is 0. The number of aliphatic carboxylic acids is 2. The van der Waals surface area contributed by atoms with Crippen molar-refractivity contribution < 1.29 is 19.8 Å². The third-order valence-electron chi connectivity index (χ3n) is 0.692. The molecule has 1 unspecified atom stereocenters. The molecule has 0 radical (unpaired) electrons. The van der Waals surface area contributed by atoms with Gasteiger partial charge in [-0.25, -0.2) is 0 Å². The number of carboxylic acid groups (broad SMARTS) is 2. The molecule has 0 amide bonds. The molecule has 1 atom stereocenters. The van der Waals surface area contributed by atoms with Crippen LogP contribution in [0, 0.1) is 0 Å². The van der Waals surface area contributed by atoms with Gasteiger partial charge in [-0.2, -0.15) is 0 Å². The van der Waals surface area contributed by atoms with Gasteiger partial charge in [0.05, 0.1) is 0 Å². The quantitative estimate of drug-likeness (QED) is 0.494. The molecule has 0 aliphatic carbocycles. The first-order valence-electron chi connectivity index (χ1n) is 3.12. The van der Waals surface area contributed by atoms with E-state index in [4.69, 9.17) is 15.9 Å². The molecule has 0 bridgehead atoms. The van der Waals surface area contributed by atoms with E-state index in [-0.39, 0.29) is 36.0 Å². The van der Waals surface area contributed by atoms with E-state index >= 15 is 0 Å². The van der Waals surface area contributed by atoms with Crippen LogP contribution in [0.25, 0.3) is 0 Å². The second-order valence-electron chi connectivity index (χ2n) is 1.87. The van der Waals surface area contributed by atoms with Crippen molar-refractivity contribution >= 4 is 41.5 Å². The number of carboxylic acids is 2. The van der Waals surface area contributed by atoms with E-state index in [9.17, 15) is 9.59 Å². The Bertz CT molecular complexity index is 138. The zero-order valence-corrected chi connectivity index (χ0v) is 6.57. The van der Waals surface area contributed by atoms with Gasteiger partial charge in [0.25, 0.3) is 0 Å². The van der Waals surface area contributed by atoms with Crippen molar-refractivity contribution in [3.05, 3.63) is 0 Å². The van der Waals surface area contributed by atoms with Crippen LogP contribution in [0.15, 0.2) is 0 Å². The van der Waals surface area contributed by atoms with Crippen LogP contribution in [0.2, 0.25) is 0 Å². The average Bonchev–Trinajstić information content (AvgIpc) is 1.89. The van der Waals surface area contributed by atoms with Gasteiger partial charge in [0.1, 0.15) is 6.04 Å². The van der Waals surface area contributed by atoms with Gasteiger partial charge in [0.15, 0.2) is 0 Å². The van der Waals surface area contributed by atoms with E-state index in [2.05, 4.69) is 0 Å². The van der Waals surface area contributed by atoms with Gasteiger partial charge in [-0.3, -0.25) is 9.59 Å². The Morgan fingerprint density at radius 3 is 1.58 bits per heavy atom. The minimum absolute atomic E-state index is 0. The van der Waals surface area contributed by atoms with E-state index < -0.39 is 18.0 Å². The van der Waals surface area contributed by atoms with Crippen LogP contribution in [0.3, 0.4) is 0 Å². The Morgan fingerprint density at radius 2 is 1.58 bits per heavy atom. The second kappa shape index (κ2) is 10.9. The summed E-state index contributed by atoms with van der Waals surface area (Å²) in [4.78, 5) is 18.9. The maximum atomic E-state index is 9.57. The third kappa shape index (κ3) is 22.5. The summed E-state index contributed by atoms with van der Waals surface area (Å²) in [5.74, 6) is -1.71. The summed E-state index contributed by atoms with van der Waals surface area (Å²) in [5.41, 5.74) is 4.84. The molecular weight excluding hydrogens is 173 g/mol. The Hall–Kier alpha value is -0.100. The first kappa shape index (κ1) is 17.8. The number of rotatable bonds is 2. The molecule has 5 nitrogen and oxygen atoms in total. The molecule has 68 valence electrons. The standard InChI is InChI=1S/C3H7NO2.C3H6O2.Na.H/c1-2(4)3(5)6;1-2-3(4)5;;/h2H,4H2,1H3,(H,5,6);2H2,1H3,(H,4,5);;. The van der Waals surface area contributed by atoms with Crippen molar-refractivity contribution in [1.82, 2.24) is 0 Å². The first-order valence-corrected chi connectivity index (χ1v) is 3.12. The van der Waals surface area contributed by atoms with E-state index in [1.807, 2.05) is 0 Å². The number of hydrogen-bond acceptors (Lipinski definition) is 3. The molecule has 0 aliphatic rings. The van der Waals surface area contributed by atoms with Crippen molar-refractivity contribution in [1.29, 1.82) is 0 Å². The van der Waals surface area contributed by atoms with Crippen LogP contribution < -0.4 is 5.73 Å². The van der Waals surface area contributed by atoms with Gasteiger partial charge in [-0.1, -0.05) is 6.92 Å². The van der Waals surface area contributed by atoms with Gasteiger partial charge in [0, 0.05) is 6.42 Å². The number of carbonyl (C=O) groups is 2. The van der Waals surface area contributed by atoms with Gasteiger partial charge in [0.2, 0.25) is 0 Å². The molecule has 0 spiro atoms. The maximum absolute atomic E-state index is 9.57. The second-order valence-corrected chi connectivity index (χ2v) is 1.87. The molecule has 0 saturated carbocycles. The van der Waals surface area contributed by atoms with E-state index in [1.165, 1.54) is 6.92 Å². The molecule has 0 aromatic rings. The van der Waals surface area contributed by atoms with Gasteiger partial charge in [-0.15, -0.1) is 0 Å². The molecule has 0 aliphatic heterocycles. The fourth-order valence-electron chi connectivity index (χ4n) is 0. The summed E-state index contributed by atoms with van der Waals surface area (Å²) in [7, 11) is 0. The monoisotopic (exact) mass is 187 g/mol. The molecule has 0 aromatic carbocycles. The van der Waals surface area contributed by atoms with E-state index in [1.54, 1.807) is 6.92 Å². The number of hydrogen-bond donors (Lipinski definition) is 3. The molecule has 4 N–H and O–H groups in total. The topological polar surface area (TPSA) is 101 Å². The molecule has 0 aromatic heterocycles. The Morgan fingerprint density at radius 1 is 1.42 bits per heavy atom. The summed E-state index contributed by atoms with van der Waals surface area (Å²) in [5, 5.41) is 15.6. The predicted molar refractivity (Wildman–Crippen MR) is 46.4 cm³/mol. The number of nitrogens with two attached hydrogens (primary N) is 1. The molecule has 0 fully saturated rings. The van der Waals surface area contributed by atoms with Gasteiger partial charge >= 0.3 is 41.5 Å². The van der Waals surface area contributed by atoms with Crippen LogP contribution >= 0.6 is 0 Å². The first-order chi connectivity index (χ1) is 4.91. The van der Waals surface area contributed by atoms with Crippen molar-refractivity contribution in [2.45, 2.75) is 26.3 Å². The Balaban J connectivity index is -0.000000126. The van der Waals surface area contributed by atoms with Crippen LogP contribution in [-0.2, 0) is 9.59 Å². The molecule has 6 heteroatoms. The molecule has 0 saturated heterocycles. The SMILES string of the molecule is CC(N)C(=O)O.CCC(=O)O.[NaH]. The average molecular weight is 187 g/mol. The molecule has 0 rings (SSSR count). The predicted octanol–water partition coefficient (Wildman–Crippen LogP) is -0.749. The fraction of sp³-hybridized carbons (Fsp3) is 0.667. The van der Waals surface area contributed by atoms with Crippen LogP contribution in [0.5, 0.6) is 0 Å². The summed E-state index contributed by atoms with van der Waals surface area (Å²) in [6.07, 6.45) is 0.222. The zero-order chi connectivity index (χ0) is 9.44. The van der Waals surface area contributed by atoms with Crippen molar-refractivity contribution in [3.8, 4) is 0 Å². The molecule has 12 heavy (non-hydrogen) atoms. The van der Waals surface area contributed by atoms with Crippen molar-refractivity contribution in [3.63, 3.8) is 0 Å². The summed E-state index contributed by atoms with van der Waals surface area (Å²) >= 11 is 0. The van der Waals surface area contributed by atoms with E-state index in [0.717, 1.165) is 0 Å². The zero-order valence-electron chi connectivity index (χ0n) is 6.57. The van der Waals surface area contributed by atoms with Crippen LogP contribution in [0.4, 0.5) is 0 Å². The summed E-state index contributed by atoms with van der Waals surface area (Å²) in [6.45, 7) is 3.02. The van der Waals surface area contributed by atoms with Gasteiger partial charge < -0.3 is 15.9 Å². The third-order valence-corrected chi connectivity index (χ3v) is 0.692. The van der Waals surface area contributed by atoms with Crippen molar-refractivity contribution in [2.75, 3.05) is 0 Å². The summed E-state index contributed by atoms with van der Waals surface area (Å²) < 4.78 is 0. The van der Waals surface area contributed by atoms with E-state index in [0.29, 0.717) is 0 Å². The van der Waals surface area contributed by atoms with Crippen LogP contribution in [-0.4, -0.2) is 57.8 Å². The minimum atomic E-state index is -0.963. The Labute approximate surface area is 93.2 Å².